The van der Waals surface area contributed by atoms with Crippen molar-refractivity contribution >= 4 is 6.29 Å². The van der Waals surface area contributed by atoms with Crippen LogP contribution in [0.25, 0.3) is 0 Å². The fourth-order valence-corrected chi connectivity index (χ4v) is 2.95. The lowest BCUT2D eigenvalue weighted by molar-refractivity contribution is -0.111. The van der Waals surface area contributed by atoms with Gasteiger partial charge in [0.15, 0.2) is 0 Å². The minimum absolute atomic E-state index is 0.253. The quantitative estimate of drug-likeness (QED) is 0.428. The van der Waals surface area contributed by atoms with Gasteiger partial charge in [-0.1, -0.05) is 38.3 Å². The Balaban J connectivity index is 0.000000504. The van der Waals surface area contributed by atoms with Crippen molar-refractivity contribution in [1.82, 2.24) is 0 Å². The van der Waals surface area contributed by atoms with Crippen LogP contribution in [-0.4, -0.2) is 27.7 Å². The van der Waals surface area contributed by atoms with E-state index in [0.29, 0.717) is 0 Å². The van der Waals surface area contributed by atoms with Crippen molar-refractivity contribution in [3.63, 3.8) is 0 Å². The molecule has 1 aliphatic carbocycles. The highest BCUT2D eigenvalue weighted by Crippen LogP contribution is 2.26. The molecule has 2 N–H and O–H groups in total. The second kappa shape index (κ2) is 11.9. The Kier molecular flexibility index (Phi) is 11.5. The molecule has 0 aromatic carbocycles. The fourth-order valence-electron chi connectivity index (χ4n) is 2.95. The Morgan fingerprint density at radius 3 is 2.08 bits per heavy atom. The van der Waals surface area contributed by atoms with Gasteiger partial charge in [0.25, 0.3) is 0 Å². The largest absolute Gasteiger partial charge is 0.390 e. The summed E-state index contributed by atoms with van der Waals surface area (Å²) in [5.41, 5.74) is 0.465. The van der Waals surface area contributed by atoms with Crippen LogP contribution in [0.2, 0.25) is 0 Å². The van der Waals surface area contributed by atoms with Crippen LogP contribution >= 0.6 is 0 Å². The third-order valence-electron chi connectivity index (χ3n) is 4.59. The van der Waals surface area contributed by atoms with Gasteiger partial charge in [0.05, 0.1) is 11.2 Å². The number of hydrogen-bond acceptors (Lipinski definition) is 3. The summed E-state index contributed by atoms with van der Waals surface area (Å²) < 4.78 is 0. The monoisotopic (exact) mass is 354 g/mol. The second-order valence-electron chi connectivity index (χ2n) is 9.30. The lowest BCUT2D eigenvalue weighted by Crippen LogP contribution is -2.18. The van der Waals surface area contributed by atoms with E-state index in [9.17, 15) is 15.0 Å². The summed E-state index contributed by atoms with van der Waals surface area (Å²) in [6.45, 7) is 11.9. The molecule has 1 unspecified atom stereocenters. The van der Waals surface area contributed by atoms with Gasteiger partial charge in [0.2, 0.25) is 0 Å². The molecular weight excluding hydrogens is 312 g/mol. The predicted molar refractivity (Wildman–Crippen MR) is 107 cm³/mol. The molecule has 1 atom stereocenters. The molecule has 148 valence electrons. The summed E-state index contributed by atoms with van der Waals surface area (Å²) in [5, 5.41) is 18.9. The van der Waals surface area contributed by atoms with E-state index >= 15 is 0 Å². The van der Waals surface area contributed by atoms with Gasteiger partial charge in [-0.25, -0.2) is 0 Å². The zero-order valence-corrected chi connectivity index (χ0v) is 17.5. The maximum atomic E-state index is 10.5. The Hall–Kier alpha value is -0.670. The molecule has 1 aliphatic rings. The molecule has 1 rings (SSSR count). The summed E-state index contributed by atoms with van der Waals surface area (Å²) in [7, 11) is 0. The molecule has 0 aliphatic heterocycles. The van der Waals surface area contributed by atoms with Crippen molar-refractivity contribution in [2.45, 2.75) is 111 Å². The van der Waals surface area contributed by atoms with Crippen LogP contribution in [0.15, 0.2) is 11.6 Å². The number of carbonyl (C=O) groups excluding carboxylic acids is 1. The molecule has 0 amide bonds. The highest BCUT2D eigenvalue weighted by atomic mass is 16.3. The molecule has 25 heavy (non-hydrogen) atoms. The molecule has 0 saturated carbocycles. The van der Waals surface area contributed by atoms with Gasteiger partial charge in [-0.05, 0) is 78.6 Å². The SMILES string of the molecule is CC(C)(O)CCCC1=CCC(C=O)CC1.CC(C)CCCC(C)(C)O. The summed E-state index contributed by atoms with van der Waals surface area (Å²) in [5.74, 6) is 1.02. The molecule has 0 bridgehead atoms. The first-order chi connectivity index (χ1) is 11.4. The van der Waals surface area contributed by atoms with Gasteiger partial charge in [-0.15, -0.1) is 0 Å². The summed E-state index contributed by atoms with van der Waals surface area (Å²) in [4.78, 5) is 10.5. The molecular formula is C22H42O3. The number of aldehydes is 1. The van der Waals surface area contributed by atoms with Gasteiger partial charge in [-0.2, -0.15) is 0 Å². The average molecular weight is 355 g/mol. The van der Waals surface area contributed by atoms with Gasteiger partial charge in [0.1, 0.15) is 6.29 Å². The number of aliphatic hydroxyl groups is 2. The summed E-state index contributed by atoms with van der Waals surface area (Å²) >= 11 is 0. The van der Waals surface area contributed by atoms with E-state index in [-0.39, 0.29) is 5.92 Å². The van der Waals surface area contributed by atoms with Gasteiger partial charge < -0.3 is 15.0 Å². The molecule has 3 nitrogen and oxygen atoms in total. The Morgan fingerprint density at radius 2 is 1.68 bits per heavy atom. The van der Waals surface area contributed by atoms with Gasteiger partial charge >= 0.3 is 0 Å². The lowest BCUT2D eigenvalue weighted by atomic mass is 9.87. The molecule has 3 heteroatoms. The van der Waals surface area contributed by atoms with Crippen molar-refractivity contribution in [3.05, 3.63) is 11.6 Å². The highest BCUT2D eigenvalue weighted by Gasteiger charge is 2.15. The van der Waals surface area contributed by atoms with Crippen LogP contribution in [0.5, 0.6) is 0 Å². The molecule has 0 spiro atoms. The fraction of sp³-hybridized carbons (Fsp3) is 0.864. The zero-order chi connectivity index (χ0) is 19.5. The van der Waals surface area contributed by atoms with E-state index in [1.54, 1.807) is 0 Å². The molecule has 0 fully saturated rings. The average Bonchev–Trinajstić information content (AvgIpc) is 2.45. The zero-order valence-electron chi connectivity index (χ0n) is 17.5. The van der Waals surface area contributed by atoms with Crippen LogP contribution in [0.3, 0.4) is 0 Å². The van der Waals surface area contributed by atoms with Crippen molar-refractivity contribution in [1.29, 1.82) is 0 Å². The minimum atomic E-state index is -0.541. The van der Waals surface area contributed by atoms with Crippen LogP contribution < -0.4 is 0 Å². The highest BCUT2D eigenvalue weighted by molar-refractivity contribution is 5.54. The van der Waals surface area contributed by atoms with Crippen LogP contribution in [0.4, 0.5) is 0 Å². The van der Waals surface area contributed by atoms with E-state index in [4.69, 9.17) is 0 Å². The molecule has 0 aromatic heterocycles. The third-order valence-corrected chi connectivity index (χ3v) is 4.59. The van der Waals surface area contributed by atoms with Crippen molar-refractivity contribution < 1.29 is 15.0 Å². The van der Waals surface area contributed by atoms with E-state index in [1.165, 1.54) is 12.0 Å². The normalized spacial score (nSPS) is 18.4. The minimum Gasteiger partial charge on any atom is -0.390 e. The second-order valence-corrected chi connectivity index (χ2v) is 9.30. The first-order valence-corrected chi connectivity index (χ1v) is 10.0. The van der Waals surface area contributed by atoms with Crippen LogP contribution in [0.1, 0.15) is 99.3 Å². The summed E-state index contributed by atoms with van der Waals surface area (Å²) in [6.07, 6.45) is 12.5. The molecule has 0 heterocycles. The van der Waals surface area contributed by atoms with E-state index in [2.05, 4.69) is 19.9 Å². The van der Waals surface area contributed by atoms with Crippen molar-refractivity contribution in [2.75, 3.05) is 0 Å². The predicted octanol–water partition coefficient (Wildman–Crippen LogP) is 5.44. The van der Waals surface area contributed by atoms with Gasteiger partial charge in [0, 0.05) is 5.92 Å². The molecule has 0 saturated heterocycles. The van der Waals surface area contributed by atoms with Crippen molar-refractivity contribution in [2.24, 2.45) is 11.8 Å². The maximum absolute atomic E-state index is 10.5. The molecule has 0 aromatic rings. The number of hydrogen-bond donors (Lipinski definition) is 2. The Morgan fingerprint density at radius 1 is 1.12 bits per heavy atom. The van der Waals surface area contributed by atoms with Crippen molar-refractivity contribution in [3.8, 4) is 0 Å². The van der Waals surface area contributed by atoms with Crippen LogP contribution in [0, 0.1) is 11.8 Å². The Labute approximate surface area is 155 Å². The number of rotatable bonds is 9. The number of allylic oxidation sites excluding steroid dienone is 2. The van der Waals surface area contributed by atoms with E-state index in [1.807, 2.05) is 27.7 Å². The maximum Gasteiger partial charge on any atom is 0.123 e. The van der Waals surface area contributed by atoms with Crippen LogP contribution in [-0.2, 0) is 4.79 Å². The standard InChI is InChI=1S/C13H22O2.C9H20O/c1-13(2,15)9-3-4-11-5-7-12(10-14)8-6-11;1-8(2)6-5-7-9(3,4)10/h5,10,12,15H,3-4,6-9H2,1-2H3;8,10H,5-7H2,1-4H3. The van der Waals surface area contributed by atoms with E-state index in [0.717, 1.165) is 63.6 Å². The van der Waals surface area contributed by atoms with E-state index < -0.39 is 11.2 Å². The first-order valence-electron chi connectivity index (χ1n) is 10.0. The first kappa shape index (κ1) is 24.3. The number of carbonyl (C=O) groups is 1. The summed E-state index contributed by atoms with van der Waals surface area (Å²) in [6, 6.07) is 0. The topological polar surface area (TPSA) is 57.5 Å². The van der Waals surface area contributed by atoms with Gasteiger partial charge in [-0.3, -0.25) is 0 Å². The Bertz CT molecular complexity index is 383. The lowest BCUT2D eigenvalue weighted by Gasteiger charge is -2.20. The smallest absolute Gasteiger partial charge is 0.123 e. The molecule has 0 radical (unpaired) electrons. The third kappa shape index (κ3) is 16.5.